The number of carbonyl (C=O) groups excluding carboxylic acids is 1. The van der Waals surface area contributed by atoms with E-state index in [1.165, 1.54) is 5.56 Å². The van der Waals surface area contributed by atoms with Gasteiger partial charge in [-0.25, -0.2) is 0 Å². The number of aromatic amines is 1. The van der Waals surface area contributed by atoms with Crippen LogP contribution < -0.4 is 5.32 Å². The molecule has 0 saturated heterocycles. The topological polar surface area (TPSA) is 83.6 Å². The first-order valence-electron chi connectivity index (χ1n) is 8.72. The zero-order valence-electron chi connectivity index (χ0n) is 15.2. The number of hydrogen-bond acceptors (Lipinski definition) is 4. The summed E-state index contributed by atoms with van der Waals surface area (Å²) in [5.74, 6) is 0.182. The minimum Gasteiger partial charge on any atom is -0.325 e. The number of hydrogen-bond donors (Lipinski definition) is 2. The third-order valence-corrected chi connectivity index (χ3v) is 4.36. The fourth-order valence-corrected chi connectivity index (χ4v) is 2.87. The Balaban J connectivity index is 1.79. The van der Waals surface area contributed by atoms with Crippen LogP contribution in [0.2, 0.25) is 0 Å². The molecule has 3 aromatic rings. The van der Waals surface area contributed by atoms with Crippen LogP contribution in [0.1, 0.15) is 48.2 Å². The normalized spacial score (nSPS) is 12.2. The van der Waals surface area contributed by atoms with Gasteiger partial charge in [0.15, 0.2) is 5.82 Å². The van der Waals surface area contributed by atoms with Crippen molar-refractivity contribution in [2.24, 2.45) is 0 Å². The average Bonchev–Trinajstić information content (AvgIpc) is 3.14. The van der Waals surface area contributed by atoms with Crippen LogP contribution in [0.5, 0.6) is 0 Å². The minimum absolute atomic E-state index is 0.148. The first-order valence-corrected chi connectivity index (χ1v) is 8.72. The van der Waals surface area contributed by atoms with E-state index in [0.29, 0.717) is 18.2 Å². The van der Waals surface area contributed by atoms with Gasteiger partial charge in [0.2, 0.25) is 5.91 Å². The monoisotopic (exact) mass is 349 g/mol. The van der Waals surface area contributed by atoms with E-state index >= 15 is 0 Å². The predicted octanol–water partition coefficient (Wildman–Crippen LogP) is 3.60. The maximum absolute atomic E-state index is 12.9. The maximum Gasteiger partial charge on any atom is 0.235 e. The van der Waals surface area contributed by atoms with E-state index in [-0.39, 0.29) is 5.91 Å². The number of anilines is 1. The molecular weight excluding hydrogens is 326 g/mol. The second-order valence-electron chi connectivity index (χ2n) is 6.78. The highest BCUT2D eigenvalue weighted by Gasteiger charge is 2.25. The Labute approximate surface area is 153 Å². The van der Waals surface area contributed by atoms with Crippen molar-refractivity contribution in [2.75, 3.05) is 5.32 Å². The van der Waals surface area contributed by atoms with Crippen molar-refractivity contribution in [3.63, 3.8) is 0 Å². The number of nitrogens with one attached hydrogen (secondary N) is 2. The summed E-state index contributed by atoms with van der Waals surface area (Å²) in [5.41, 5.74) is 4.21. The highest BCUT2D eigenvalue weighted by molar-refractivity contribution is 5.95. The molecule has 0 radical (unpaired) electrons. The molecule has 1 aromatic heterocycles. The Hall–Kier alpha value is -3.02. The highest BCUT2D eigenvalue weighted by Crippen LogP contribution is 2.22. The summed E-state index contributed by atoms with van der Waals surface area (Å²) < 4.78 is 0. The Morgan fingerprint density at radius 3 is 2.54 bits per heavy atom. The first kappa shape index (κ1) is 17.8. The molecule has 1 atom stereocenters. The minimum atomic E-state index is -0.514. The molecule has 6 nitrogen and oxygen atoms in total. The van der Waals surface area contributed by atoms with Crippen LogP contribution in [0.25, 0.3) is 0 Å². The molecule has 134 valence electrons. The van der Waals surface area contributed by atoms with Crippen LogP contribution in [-0.2, 0) is 11.2 Å². The fourth-order valence-electron chi connectivity index (χ4n) is 2.87. The van der Waals surface area contributed by atoms with E-state index in [2.05, 4.69) is 45.9 Å². The molecule has 1 amide bonds. The second-order valence-corrected chi connectivity index (χ2v) is 6.78. The summed E-state index contributed by atoms with van der Waals surface area (Å²) in [6, 6.07) is 16.0. The summed E-state index contributed by atoms with van der Waals surface area (Å²) >= 11 is 0. The highest BCUT2D eigenvalue weighted by atomic mass is 16.1. The van der Waals surface area contributed by atoms with E-state index in [1.54, 1.807) is 0 Å². The van der Waals surface area contributed by atoms with Crippen LogP contribution in [0.3, 0.4) is 0 Å². The summed E-state index contributed by atoms with van der Waals surface area (Å²) in [7, 11) is 0. The molecule has 3 rings (SSSR count). The number of amides is 1. The molecule has 1 heterocycles. The van der Waals surface area contributed by atoms with Crippen LogP contribution in [-0.4, -0.2) is 26.5 Å². The second kappa shape index (κ2) is 7.91. The molecule has 0 saturated carbocycles. The molecule has 2 N–H and O–H groups in total. The van der Waals surface area contributed by atoms with Crippen molar-refractivity contribution in [3.8, 4) is 0 Å². The first-order chi connectivity index (χ1) is 12.5. The standard InChI is InChI=1S/C20H23N5O/c1-13(2)16-7-9-17(10-8-16)21-20(26)18(19-22-24-25-23-19)12-15-6-4-5-14(3)11-15/h4-11,13,18H,12H2,1-3H3,(H,21,26)(H,22,23,24,25)/t18-/m0/s1. The molecule has 0 fully saturated rings. The third-order valence-electron chi connectivity index (χ3n) is 4.36. The van der Waals surface area contributed by atoms with E-state index < -0.39 is 5.92 Å². The van der Waals surface area contributed by atoms with Gasteiger partial charge in [-0.05, 0) is 42.5 Å². The molecule has 2 aromatic carbocycles. The molecule has 0 spiro atoms. The van der Waals surface area contributed by atoms with Gasteiger partial charge in [0.05, 0.1) is 0 Å². The predicted molar refractivity (Wildman–Crippen MR) is 101 cm³/mol. The van der Waals surface area contributed by atoms with Gasteiger partial charge >= 0.3 is 0 Å². The third kappa shape index (κ3) is 4.33. The summed E-state index contributed by atoms with van der Waals surface area (Å²) in [5, 5.41) is 17.1. The number of nitrogens with zero attached hydrogens (tertiary/aromatic N) is 3. The van der Waals surface area contributed by atoms with E-state index in [4.69, 9.17) is 0 Å². The van der Waals surface area contributed by atoms with Gasteiger partial charge in [-0.15, -0.1) is 10.2 Å². The van der Waals surface area contributed by atoms with Gasteiger partial charge in [0.25, 0.3) is 0 Å². The molecule has 0 aliphatic rings. The van der Waals surface area contributed by atoms with Crippen molar-refractivity contribution in [1.82, 2.24) is 20.6 Å². The molecule has 26 heavy (non-hydrogen) atoms. The Morgan fingerprint density at radius 2 is 1.92 bits per heavy atom. The van der Waals surface area contributed by atoms with Gasteiger partial charge in [-0.1, -0.05) is 61.0 Å². The summed E-state index contributed by atoms with van der Waals surface area (Å²) in [4.78, 5) is 12.9. The Bertz CT molecular complexity index is 856. The molecule has 0 unspecified atom stereocenters. The van der Waals surface area contributed by atoms with Crippen LogP contribution in [0, 0.1) is 6.92 Å². The lowest BCUT2D eigenvalue weighted by atomic mass is 9.96. The lowest BCUT2D eigenvalue weighted by Gasteiger charge is -2.15. The number of aromatic nitrogens is 4. The molecule has 0 bridgehead atoms. The zero-order valence-corrected chi connectivity index (χ0v) is 15.2. The molecule has 0 aliphatic carbocycles. The quantitative estimate of drug-likeness (QED) is 0.712. The van der Waals surface area contributed by atoms with E-state index in [0.717, 1.165) is 16.8 Å². The smallest absolute Gasteiger partial charge is 0.235 e. The Kier molecular flexibility index (Phi) is 5.41. The number of carbonyl (C=O) groups is 1. The van der Waals surface area contributed by atoms with Crippen molar-refractivity contribution in [3.05, 3.63) is 71.0 Å². The summed E-state index contributed by atoms with van der Waals surface area (Å²) in [6.07, 6.45) is 0.511. The number of tetrazole rings is 1. The van der Waals surface area contributed by atoms with Crippen LogP contribution in [0.15, 0.2) is 48.5 Å². The SMILES string of the molecule is Cc1cccc(C[C@H](C(=O)Nc2ccc(C(C)C)cc2)c2nn[nH]n2)c1. The number of rotatable bonds is 6. The number of H-pyrrole nitrogens is 1. The van der Waals surface area contributed by atoms with Gasteiger partial charge in [0, 0.05) is 5.69 Å². The van der Waals surface area contributed by atoms with Crippen LogP contribution in [0.4, 0.5) is 5.69 Å². The maximum atomic E-state index is 12.9. The molecular formula is C20H23N5O. The average molecular weight is 349 g/mol. The molecule has 6 heteroatoms. The van der Waals surface area contributed by atoms with Gasteiger partial charge in [0.1, 0.15) is 5.92 Å². The number of benzene rings is 2. The lowest BCUT2D eigenvalue weighted by molar-refractivity contribution is -0.117. The fraction of sp³-hybridized carbons (Fsp3) is 0.300. The van der Waals surface area contributed by atoms with Gasteiger partial charge in [-0.3, -0.25) is 4.79 Å². The number of aryl methyl sites for hydroxylation is 1. The van der Waals surface area contributed by atoms with Gasteiger partial charge in [-0.2, -0.15) is 5.21 Å². The zero-order chi connectivity index (χ0) is 18.5. The molecule has 0 aliphatic heterocycles. The lowest BCUT2D eigenvalue weighted by Crippen LogP contribution is -2.24. The van der Waals surface area contributed by atoms with Crippen molar-refractivity contribution >= 4 is 11.6 Å². The van der Waals surface area contributed by atoms with Crippen molar-refractivity contribution in [1.29, 1.82) is 0 Å². The summed E-state index contributed by atoms with van der Waals surface area (Å²) in [6.45, 7) is 6.31. The van der Waals surface area contributed by atoms with E-state index in [9.17, 15) is 4.79 Å². The Morgan fingerprint density at radius 1 is 1.15 bits per heavy atom. The van der Waals surface area contributed by atoms with Crippen molar-refractivity contribution < 1.29 is 4.79 Å². The largest absolute Gasteiger partial charge is 0.325 e. The van der Waals surface area contributed by atoms with Crippen molar-refractivity contribution in [2.45, 2.75) is 39.0 Å². The van der Waals surface area contributed by atoms with Gasteiger partial charge < -0.3 is 5.32 Å². The van der Waals surface area contributed by atoms with Crippen LogP contribution >= 0.6 is 0 Å². The van der Waals surface area contributed by atoms with E-state index in [1.807, 2.05) is 49.4 Å².